The van der Waals surface area contributed by atoms with Gasteiger partial charge in [0.2, 0.25) is 10.0 Å². The molecule has 3 aromatic rings. The first-order chi connectivity index (χ1) is 17.7. The number of carbonyl (C=O) groups is 2. The van der Waals surface area contributed by atoms with E-state index < -0.39 is 34.2 Å². The second kappa shape index (κ2) is 13.7. The highest BCUT2D eigenvalue weighted by molar-refractivity contribution is 7.89. The number of carboxylic acid groups (broad SMARTS) is 1. The van der Waals surface area contributed by atoms with Crippen LogP contribution in [0.25, 0.3) is 0 Å². The van der Waals surface area contributed by atoms with Crippen LogP contribution in [0.1, 0.15) is 36.0 Å². The Bertz CT molecular complexity index is 1250. The van der Waals surface area contributed by atoms with Crippen molar-refractivity contribution in [1.82, 2.24) is 10.0 Å². The Morgan fingerprint density at radius 3 is 2.05 bits per heavy atom. The predicted molar refractivity (Wildman–Crippen MR) is 140 cm³/mol. The molecule has 196 valence electrons. The van der Waals surface area contributed by atoms with Crippen molar-refractivity contribution in [1.29, 1.82) is 0 Å². The van der Waals surface area contributed by atoms with Crippen molar-refractivity contribution in [2.75, 3.05) is 0 Å². The number of ether oxygens (including phenoxy) is 1. The van der Waals surface area contributed by atoms with E-state index in [2.05, 4.69) is 10.0 Å². The second-order valence-electron chi connectivity index (χ2n) is 8.76. The highest BCUT2D eigenvalue weighted by atomic mass is 32.2. The Morgan fingerprint density at radius 1 is 0.865 bits per heavy atom. The zero-order chi connectivity index (χ0) is 26.7. The average molecular weight is 525 g/mol. The van der Waals surface area contributed by atoms with Crippen LogP contribution in [0.2, 0.25) is 0 Å². The van der Waals surface area contributed by atoms with Crippen LogP contribution in [0, 0.1) is 6.92 Å². The molecule has 0 aliphatic rings. The average Bonchev–Trinajstić information content (AvgIpc) is 2.89. The van der Waals surface area contributed by atoms with Crippen molar-refractivity contribution in [3.63, 3.8) is 0 Å². The number of rotatable bonds is 14. The summed E-state index contributed by atoms with van der Waals surface area (Å²) in [7, 11) is -3.98. The molecule has 8 nitrogen and oxygen atoms in total. The maximum absolute atomic E-state index is 13.1. The fraction of sp³-hybridized carbons (Fsp3) is 0.286. The van der Waals surface area contributed by atoms with E-state index in [0.29, 0.717) is 12.8 Å². The van der Waals surface area contributed by atoms with Crippen molar-refractivity contribution in [3.05, 3.63) is 102 Å². The molecule has 0 heterocycles. The summed E-state index contributed by atoms with van der Waals surface area (Å²) in [5.74, 6) is -1.62. The van der Waals surface area contributed by atoms with Gasteiger partial charge < -0.3 is 9.84 Å². The maximum atomic E-state index is 13.1. The van der Waals surface area contributed by atoms with Gasteiger partial charge in [-0.25, -0.2) is 8.42 Å². The first kappa shape index (κ1) is 28.0. The van der Waals surface area contributed by atoms with Crippen LogP contribution in [0.5, 0.6) is 0 Å². The lowest BCUT2D eigenvalue weighted by Gasteiger charge is -2.25. The van der Waals surface area contributed by atoms with E-state index in [9.17, 15) is 23.1 Å². The van der Waals surface area contributed by atoms with Crippen LogP contribution in [0.3, 0.4) is 0 Å². The van der Waals surface area contributed by atoms with Crippen molar-refractivity contribution < 1.29 is 27.9 Å². The number of hydrogen-bond donors (Lipinski definition) is 3. The minimum Gasteiger partial charge on any atom is -0.481 e. The fourth-order valence-corrected chi connectivity index (χ4v) is 4.90. The van der Waals surface area contributed by atoms with E-state index in [4.69, 9.17) is 4.74 Å². The third kappa shape index (κ3) is 9.45. The molecule has 0 aromatic heterocycles. The third-order valence-corrected chi connectivity index (χ3v) is 7.24. The molecule has 0 spiro atoms. The van der Waals surface area contributed by atoms with Crippen LogP contribution >= 0.6 is 0 Å². The number of sulfonamides is 1. The van der Waals surface area contributed by atoms with Gasteiger partial charge in [0.1, 0.15) is 12.6 Å². The van der Waals surface area contributed by atoms with E-state index in [-0.39, 0.29) is 24.3 Å². The lowest BCUT2D eigenvalue weighted by molar-refractivity contribution is -0.148. The molecule has 0 aliphatic heterocycles. The molecule has 3 rings (SSSR count). The molecular formula is C28H32N2O6S. The molecule has 0 aliphatic carbocycles. The summed E-state index contributed by atoms with van der Waals surface area (Å²) in [6, 6.07) is 24.2. The van der Waals surface area contributed by atoms with Crippen molar-refractivity contribution in [2.45, 2.75) is 56.3 Å². The summed E-state index contributed by atoms with van der Waals surface area (Å²) < 4.78 is 34.1. The number of hydrogen-bond acceptors (Lipinski definition) is 6. The highest BCUT2D eigenvalue weighted by Gasteiger charge is 2.27. The van der Waals surface area contributed by atoms with Gasteiger partial charge >= 0.3 is 11.9 Å². The van der Waals surface area contributed by atoms with E-state index in [1.54, 1.807) is 12.1 Å². The van der Waals surface area contributed by atoms with E-state index in [0.717, 1.165) is 16.7 Å². The smallest absolute Gasteiger partial charge is 0.323 e. The van der Waals surface area contributed by atoms with Gasteiger partial charge in [-0.2, -0.15) is 4.72 Å². The summed E-state index contributed by atoms with van der Waals surface area (Å²) in [6.45, 7) is 1.91. The van der Waals surface area contributed by atoms with Crippen LogP contribution in [0.15, 0.2) is 89.8 Å². The van der Waals surface area contributed by atoms with Gasteiger partial charge in [0.05, 0.1) is 11.1 Å². The predicted octanol–water partition coefficient (Wildman–Crippen LogP) is 3.80. The van der Waals surface area contributed by atoms with Crippen molar-refractivity contribution in [2.24, 2.45) is 0 Å². The highest BCUT2D eigenvalue weighted by Crippen LogP contribution is 2.14. The van der Waals surface area contributed by atoms with E-state index >= 15 is 0 Å². The van der Waals surface area contributed by atoms with Gasteiger partial charge in [0.15, 0.2) is 0 Å². The molecule has 0 radical (unpaired) electrons. The zero-order valence-corrected chi connectivity index (χ0v) is 21.5. The first-order valence-electron chi connectivity index (χ1n) is 12.0. The summed E-state index contributed by atoms with van der Waals surface area (Å²) in [6.07, 6.45) is -0.498. The number of benzene rings is 3. The van der Waals surface area contributed by atoms with Crippen LogP contribution in [0.4, 0.5) is 0 Å². The Morgan fingerprint density at radius 2 is 1.46 bits per heavy atom. The number of aliphatic carboxylic acids is 1. The molecular weight excluding hydrogens is 492 g/mol. The molecule has 0 unspecified atom stereocenters. The van der Waals surface area contributed by atoms with Crippen molar-refractivity contribution >= 4 is 22.0 Å². The molecule has 2 atom stereocenters. The molecule has 3 aromatic carbocycles. The van der Waals surface area contributed by atoms with Crippen LogP contribution in [-0.4, -0.2) is 37.7 Å². The number of nitrogens with one attached hydrogen (secondary N) is 2. The van der Waals surface area contributed by atoms with Gasteiger partial charge in [0, 0.05) is 6.42 Å². The monoisotopic (exact) mass is 524 g/mol. The SMILES string of the molecule is Cc1ccc(S(=O)(=O)N[C@H](CCC(=O)O)N[C@@H](CCc2ccccc2)C(=O)OCc2ccccc2)cc1. The number of esters is 1. The largest absolute Gasteiger partial charge is 0.481 e. The van der Waals surface area contributed by atoms with Crippen LogP contribution in [-0.2, 0) is 37.4 Å². The minimum absolute atomic E-state index is 0.0488. The molecule has 37 heavy (non-hydrogen) atoms. The van der Waals surface area contributed by atoms with E-state index in [1.807, 2.05) is 67.6 Å². The van der Waals surface area contributed by atoms with Crippen molar-refractivity contribution in [3.8, 4) is 0 Å². The molecule has 0 saturated heterocycles. The number of carbonyl (C=O) groups excluding carboxylic acids is 1. The standard InChI is InChI=1S/C28H32N2O6S/c1-21-12-15-24(16-13-21)37(34,35)30-26(18-19-27(31)32)29-25(17-14-22-8-4-2-5-9-22)28(33)36-20-23-10-6-3-7-11-23/h2-13,15-16,25-26,29-30H,14,17-20H2,1H3,(H,31,32)/t25-,26+/m0/s1. The topological polar surface area (TPSA) is 122 Å². The lowest BCUT2D eigenvalue weighted by atomic mass is 10.0. The Balaban J connectivity index is 1.78. The molecule has 0 bridgehead atoms. The number of carboxylic acids is 1. The second-order valence-corrected chi connectivity index (χ2v) is 10.5. The molecule has 9 heteroatoms. The van der Waals surface area contributed by atoms with Gasteiger partial charge in [-0.05, 0) is 49.4 Å². The summed E-state index contributed by atoms with van der Waals surface area (Å²) in [5.41, 5.74) is 2.73. The molecule has 0 amide bonds. The zero-order valence-electron chi connectivity index (χ0n) is 20.7. The molecule has 3 N–H and O–H groups in total. The third-order valence-electron chi connectivity index (χ3n) is 5.75. The molecule has 0 fully saturated rings. The quantitative estimate of drug-likeness (QED) is 0.217. The van der Waals surface area contributed by atoms with Gasteiger partial charge in [-0.3, -0.25) is 14.9 Å². The molecule has 0 saturated carbocycles. The Hall–Kier alpha value is -3.53. The van der Waals surface area contributed by atoms with Gasteiger partial charge in [0.25, 0.3) is 0 Å². The lowest BCUT2D eigenvalue weighted by Crippen LogP contribution is -2.52. The fourth-order valence-electron chi connectivity index (χ4n) is 3.71. The normalized spacial score (nSPS) is 13.0. The Labute approximate surface area is 217 Å². The minimum atomic E-state index is -3.98. The maximum Gasteiger partial charge on any atom is 0.323 e. The summed E-state index contributed by atoms with van der Waals surface area (Å²) in [5, 5.41) is 12.2. The van der Waals surface area contributed by atoms with E-state index in [1.165, 1.54) is 12.1 Å². The summed E-state index contributed by atoms with van der Waals surface area (Å²) >= 11 is 0. The number of aryl methyl sites for hydroxylation is 2. The summed E-state index contributed by atoms with van der Waals surface area (Å²) in [4.78, 5) is 24.4. The van der Waals surface area contributed by atoms with Gasteiger partial charge in [-0.15, -0.1) is 0 Å². The Kier molecular flexibility index (Phi) is 10.4. The van der Waals surface area contributed by atoms with Crippen LogP contribution < -0.4 is 10.0 Å². The first-order valence-corrected chi connectivity index (χ1v) is 13.5. The van der Waals surface area contributed by atoms with Gasteiger partial charge in [-0.1, -0.05) is 78.4 Å².